The van der Waals surface area contributed by atoms with E-state index in [9.17, 15) is 14.9 Å². The van der Waals surface area contributed by atoms with Crippen LogP contribution >= 0.6 is 11.6 Å². The fraction of sp³-hybridized carbons (Fsp3) is 0.278. The first-order valence-corrected chi connectivity index (χ1v) is 8.53. The molecule has 130 valence electrons. The molecule has 1 amide bonds. The van der Waals surface area contributed by atoms with Crippen molar-refractivity contribution in [1.29, 1.82) is 0 Å². The molecule has 1 aliphatic rings. The molecule has 2 aromatic rings. The summed E-state index contributed by atoms with van der Waals surface area (Å²) >= 11 is 5.78. The summed E-state index contributed by atoms with van der Waals surface area (Å²) in [6, 6.07) is 11.5. The Hall–Kier alpha value is -2.60. The number of benzene rings is 2. The Kier molecular flexibility index (Phi) is 5.19. The van der Waals surface area contributed by atoms with Gasteiger partial charge in [-0.1, -0.05) is 11.6 Å². The van der Waals surface area contributed by atoms with Gasteiger partial charge < -0.3 is 10.2 Å². The van der Waals surface area contributed by atoms with Crippen LogP contribution in [0.2, 0.25) is 5.02 Å². The minimum Gasteiger partial charge on any atom is -0.372 e. The van der Waals surface area contributed by atoms with Gasteiger partial charge in [-0.25, -0.2) is 0 Å². The van der Waals surface area contributed by atoms with E-state index in [-0.39, 0.29) is 16.3 Å². The molecule has 0 unspecified atom stereocenters. The van der Waals surface area contributed by atoms with Gasteiger partial charge in [-0.15, -0.1) is 0 Å². The van der Waals surface area contributed by atoms with E-state index in [1.807, 2.05) is 24.3 Å². The van der Waals surface area contributed by atoms with Crippen molar-refractivity contribution in [3.63, 3.8) is 0 Å². The van der Waals surface area contributed by atoms with Gasteiger partial charge in [0.25, 0.3) is 11.6 Å². The lowest BCUT2D eigenvalue weighted by molar-refractivity contribution is -0.385. The predicted octanol–water partition coefficient (Wildman–Crippen LogP) is 4.49. The topological polar surface area (TPSA) is 75.5 Å². The summed E-state index contributed by atoms with van der Waals surface area (Å²) in [5, 5.41) is 14.0. The van der Waals surface area contributed by atoms with Crippen LogP contribution in [0.3, 0.4) is 0 Å². The summed E-state index contributed by atoms with van der Waals surface area (Å²) < 4.78 is 0. The van der Waals surface area contributed by atoms with Crippen molar-refractivity contribution >= 4 is 34.6 Å². The summed E-state index contributed by atoms with van der Waals surface area (Å²) in [5.41, 5.74) is 1.38. The zero-order valence-electron chi connectivity index (χ0n) is 13.6. The maximum atomic E-state index is 12.4. The lowest BCUT2D eigenvalue weighted by atomic mass is 10.1. The van der Waals surface area contributed by atoms with Gasteiger partial charge in [0.05, 0.1) is 4.92 Å². The molecule has 1 N–H and O–H groups in total. The molecule has 3 rings (SSSR count). The molecule has 25 heavy (non-hydrogen) atoms. The van der Waals surface area contributed by atoms with Crippen molar-refractivity contribution in [3.8, 4) is 0 Å². The third-order valence-corrected chi connectivity index (χ3v) is 4.48. The van der Waals surface area contributed by atoms with Crippen molar-refractivity contribution in [1.82, 2.24) is 0 Å². The number of nitrogens with one attached hydrogen (secondary N) is 1. The van der Waals surface area contributed by atoms with Crippen LogP contribution < -0.4 is 10.2 Å². The van der Waals surface area contributed by atoms with E-state index in [4.69, 9.17) is 11.6 Å². The molecular formula is C18H18ClN3O3. The number of carbonyl (C=O) groups excluding carboxylic acids is 1. The first kappa shape index (κ1) is 17.2. The fourth-order valence-corrected chi connectivity index (χ4v) is 3.12. The summed E-state index contributed by atoms with van der Waals surface area (Å²) in [6.07, 6.45) is 3.65. The number of nitrogens with zero attached hydrogens (tertiary/aromatic N) is 2. The molecule has 7 heteroatoms. The van der Waals surface area contributed by atoms with Gasteiger partial charge in [-0.05, 0) is 55.7 Å². The number of rotatable bonds is 4. The van der Waals surface area contributed by atoms with Crippen molar-refractivity contribution in [3.05, 3.63) is 63.2 Å². The van der Waals surface area contributed by atoms with Crippen molar-refractivity contribution in [2.45, 2.75) is 19.3 Å². The normalized spacial score (nSPS) is 14.2. The number of amides is 1. The molecule has 1 aliphatic heterocycles. The molecule has 0 atom stereocenters. The van der Waals surface area contributed by atoms with E-state index in [2.05, 4.69) is 10.2 Å². The lowest BCUT2D eigenvalue weighted by Crippen LogP contribution is -2.29. The average molecular weight is 360 g/mol. The van der Waals surface area contributed by atoms with Crippen LogP contribution in [0.25, 0.3) is 0 Å². The molecule has 1 fully saturated rings. The maximum Gasteiger partial charge on any atom is 0.283 e. The Bertz CT molecular complexity index is 787. The number of nitro benzene ring substituents is 1. The number of hydrogen-bond acceptors (Lipinski definition) is 4. The Morgan fingerprint density at radius 2 is 1.76 bits per heavy atom. The van der Waals surface area contributed by atoms with Gasteiger partial charge in [-0.3, -0.25) is 14.9 Å². The molecule has 6 nitrogen and oxygen atoms in total. The Balaban J connectivity index is 1.74. The molecule has 0 radical (unpaired) electrons. The first-order chi connectivity index (χ1) is 12.0. The number of halogens is 1. The summed E-state index contributed by atoms with van der Waals surface area (Å²) in [7, 11) is 0. The van der Waals surface area contributed by atoms with Crippen molar-refractivity contribution in [2.75, 3.05) is 23.3 Å². The number of anilines is 2. The fourth-order valence-electron chi connectivity index (χ4n) is 2.95. The van der Waals surface area contributed by atoms with Crippen LogP contribution in [0.5, 0.6) is 0 Å². The maximum absolute atomic E-state index is 12.4. The van der Waals surface area contributed by atoms with Crippen molar-refractivity contribution < 1.29 is 9.72 Å². The zero-order valence-corrected chi connectivity index (χ0v) is 14.3. The second-order valence-corrected chi connectivity index (χ2v) is 6.40. The molecule has 2 aromatic carbocycles. The second-order valence-electron chi connectivity index (χ2n) is 5.97. The smallest absolute Gasteiger partial charge is 0.283 e. The molecule has 0 bridgehead atoms. The first-order valence-electron chi connectivity index (χ1n) is 8.15. The highest BCUT2D eigenvalue weighted by atomic mass is 35.5. The largest absolute Gasteiger partial charge is 0.372 e. The minimum absolute atomic E-state index is 0.0190. The second kappa shape index (κ2) is 7.53. The van der Waals surface area contributed by atoms with E-state index in [0.717, 1.165) is 18.8 Å². The van der Waals surface area contributed by atoms with E-state index in [0.29, 0.717) is 5.69 Å². The van der Waals surface area contributed by atoms with Gasteiger partial charge in [-0.2, -0.15) is 0 Å². The summed E-state index contributed by atoms with van der Waals surface area (Å²) in [6.45, 7) is 2.09. The third-order valence-electron chi connectivity index (χ3n) is 4.25. The van der Waals surface area contributed by atoms with Gasteiger partial charge in [0, 0.05) is 35.6 Å². The van der Waals surface area contributed by atoms with Gasteiger partial charge in [0.1, 0.15) is 5.56 Å². The Labute approximate surface area is 150 Å². The monoisotopic (exact) mass is 359 g/mol. The molecule has 0 saturated carbocycles. The lowest BCUT2D eigenvalue weighted by Gasteiger charge is -2.28. The van der Waals surface area contributed by atoms with Crippen LogP contribution in [-0.4, -0.2) is 23.9 Å². The van der Waals surface area contributed by atoms with E-state index >= 15 is 0 Å². The Morgan fingerprint density at radius 3 is 2.40 bits per heavy atom. The molecule has 1 heterocycles. The number of piperidine rings is 1. The average Bonchev–Trinajstić information content (AvgIpc) is 2.63. The van der Waals surface area contributed by atoms with Crippen molar-refractivity contribution in [2.24, 2.45) is 0 Å². The molecule has 1 saturated heterocycles. The highest BCUT2D eigenvalue weighted by molar-refractivity contribution is 6.31. The van der Waals surface area contributed by atoms with Crippen LogP contribution in [0.4, 0.5) is 17.1 Å². The van der Waals surface area contributed by atoms with Crippen LogP contribution in [0.1, 0.15) is 29.6 Å². The summed E-state index contributed by atoms with van der Waals surface area (Å²) in [5.74, 6) is -0.533. The standard InChI is InChI=1S/C18H18ClN3O3/c19-13-4-9-16(17(12-13)22(24)25)18(23)20-14-5-7-15(8-6-14)21-10-2-1-3-11-21/h4-9,12H,1-3,10-11H2,(H,20,23). The van der Waals surface area contributed by atoms with E-state index < -0.39 is 10.8 Å². The SMILES string of the molecule is O=C(Nc1ccc(N2CCCCC2)cc1)c1ccc(Cl)cc1[N+](=O)[O-]. The minimum atomic E-state index is -0.611. The highest BCUT2D eigenvalue weighted by Gasteiger charge is 2.20. The Morgan fingerprint density at radius 1 is 1.08 bits per heavy atom. The number of carbonyl (C=O) groups is 1. The predicted molar refractivity (Wildman–Crippen MR) is 98.6 cm³/mol. The van der Waals surface area contributed by atoms with E-state index in [1.165, 1.54) is 37.5 Å². The number of hydrogen-bond donors (Lipinski definition) is 1. The molecular weight excluding hydrogens is 342 g/mol. The molecule has 0 aliphatic carbocycles. The third kappa shape index (κ3) is 4.09. The quantitative estimate of drug-likeness (QED) is 0.644. The van der Waals surface area contributed by atoms with Gasteiger partial charge in [0.15, 0.2) is 0 Å². The highest BCUT2D eigenvalue weighted by Crippen LogP contribution is 2.25. The molecule has 0 spiro atoms. The number of nitro groups is 1. The van der Waals surface area contributed by atoms with Crippen LogP contribution in [0.15, 0.2) is 42.5 Å². The van der Waals surface area contributed by atoms with E-state index in [1.54, 1.807) is 0 Å². The van der Waals surface area contributed by atoms with Crippen LogP contribution in [0, 0.1) is 10.1 Å². The summed E-state index contributed by atoms with van der Waals surface area (Å²) in [4.78, 5) is 25.2. The molecule has 0 aromatic heterocycles. The zero-order chi connectivity index (χ0) is 17.8. The van der Waals surface area contributed by atoms with Gasteiger partial charge >= 0.3 is 0 Å². The van der Waals surface area contributed by atoms with Gasteiger partial charge in [0.2, 0.25) is 0 Å². The van der Waals surface area contributed by atoms with Crippen LogP contribution in [-0.2, 0) is 0 Å².